The molecule has 0 spiro atoms. The van der Waals surface area contributed by atoms with Crippen LogP contribution in [0.1, 0.15) is 136 Å². The third-order valence-corrected chi connectivity index (χ3v) is 8.19. The van der Waals surface area contributed by atoms with Gasteiger partial charge in [-0.15, -0.1) is 0 Å². The Hall–Kier alpha value is -4.95. The molecule has 4 rings (SSSR count). The lowest BCUT2D eigenvalue weighted by Crippen LogP contribution is -2.40. The van der Waals surface area contributed by atoms with Crippen LogP contribution in [0.4, 0.5) is 26.0 Å². The van der Waals surface area contributed by atoms with Crippen molar-refractivity contribution in [2.75, 3.05) is 37.5 Å². The van der Waals surface area contributed by atoms with Crippen LogP contribution in [0, 0.1) is 0 Å². The van der Waals surface area contributed by atoms with E-state index in [1.165, 1.54) is 26.2 Å². The summed E-state index contributed by atoms with van der Waals surface area (Å²) in [6.07, 6.45) is 7.75. The Balaban J connectivity index is 0.000000312. The fourth-order valence-electron chi connectivity index (χ4n) is 5.59. The lowest BCUT2D eigenvalue weighted by molar-refractivity contribution is -0.141. The summed E-state index contributed by atoms with van der Waals surface area (Å²) in [6.45, 7) is 17.3. The largest absolute Gasteiger partial charge is 0.519 e. The SMILES string of the molecule is CC(C)(C)OC(=O)OC(=O)OC(C)(C)C.COC(=O)CCCCc1ccc2c(n1)N(C(=O)OC(C)(C)C)CCC2.COC(=O)CCCCc1ccc2c(n1)NCCC2. The molecule has 15 nitrogen and oxygen atoms in total. The zero-order chi connectivity index (χ0) is 43.5. The standard InChI is InChI=1S/C19H28N2O4.C14H20N2O2.C10H18O5/c1-19(2,3)25-18(23)21-13-7-8-14-11-12-15(20-17(14)21)9-5-6-10-16(22)24-4;1-18-13(17)7-3-2-6-12-9-8-11-5-4-10-15-14(11)16-12;1-9(2,3)14-7(11)13-8(12)15-10(4,5)6/h11-12H,5-10,13H2,1-4H3;8-9H,2-7,10H2,1H3,(H,15,16);1-6H3. The van der Waals surface area contributed by atoms with Gasteiger partial charge >= 0.3 is 30.3 Å². The fraction of sp³-hybridized carbons (Fsp3) is 0.651. The summed E-state index contributed by atoms with van der Waals surface area (Å²) >= 11 is 0. The molecule has 2 aromatic rings. The van der Waals surface area contributed by atoms with Crippen molar-refractivity contribution in [2.45, 2.75) is 156 Å². The van der Waals surface area contributed by atoms with E-state index in [0.717, 1.165) is 87.1 Å². The zero-order valence-electron chi connectivity index (χ0n) is 36.5. The number of carbonyl (C=O) groups is 5. The van der Waals surface area contributed by atoms with Crippen molar-refractivity contribution in [3.8, 4) is 0 Å². The molecule has 1 amide bonds. The maximum atomic E-state index is 12.5. The highest BCUT2D eigenvalue weighted by Gasteiger charge is 2.29. The van der Waals surface area contributed by atoms with Gasteiger partial charge in [0.1, 0.15) is 28.4 Å². The number of aryl methyl sites for hydroxylation is 4. The molecule has 0 saturated carbocycles. The molecule has 2 aromatic heterocycles. The number of nitrogens with one attached hydrogen (secondary N) is 1. The van der Waals surface area contributed by atoms with Gasteiger partial charge in [0.25, 0.3) is 0 Å². The van der Waals surface area contributed by atoms with Crippen LogP contribution in [-0.2, 0) is 63.7 Å². The van der Waals surface area contributed by atoms with Crippen LogP contribution in [-0.4, -0.2) is 84.4 Å². The van der Waals surface area contributed by atoms with E-state index >= 15 is 0 Å². The predicted octanol–water partition coefficient (Wildman–Crippen LogP) is 8.85. The summed E-state index contributed by atoms with van der Waals surface area (Å²) < 4.78 is 28.6. The van der Waals surface area contributed by atoms with Crippen molar-refractivity contribution >= 4 is 42.0 Å². The van der Waals surface area contributed by atoms with E-state index in [1.54, 1.807) is 46.4 Å². The first kappa shape index (κ1) is 49.2. The molecule has 0 atom stereocenters. The van der Waals surface area contributed by atoms with Crippen molar-refractivity contribution in [3.63, 3.8) is 0 Å². The predicted molar refractivity (Wildman–Crippen MR) is 220 cm³/mol. The third kappa shape index (κ3) is 20.5. The monoisotopic (exact) mass is 814 g/mol. The Bertz CT molecular complexity index is 1630. The molecule has 58 heavy (non-hydrogen) atoms. The summed E-state index contributed by atoms with van der Waals surface area (Å²) in [6, 6.07) is 8.33. The lowest BCUT2D eigenvalue weighted by atomic mass is 10.0. The molecule has 1 N–H and O–H groups in total. The van der Waals surface area contributed by atoms with Crippen LogP contribution < -0.4 is 10.2 Å². The van der Waals surface area contributed by atoms with Gasteiger partial charge in [-0.2, -0.15) is 0 Å². The van der Waals surface area contributed by atoms with E-state index in [9.17, 15) is 24.0 Å². The molecule has 4 heterocycles. The number of pyridine rings is 2. The topological polar surface area (TPSA) is 182 Å². The van der Waals surface area contributed by atoms with E-state index < -0.39 is 29.1 Å². The summed E-state index contributed by atoms with van der Waals surface area (Å²) in [5, 5.41) is 3.34. The second-order valence-corrected chi connectivity index (χ2v) is 17.0. The van der Waals surface area contributed by atoms with E-state index in [1.807, 2.05) is 26.8 Å². The number of carbonyl (C=O) groups excluding carboxylic acids is 5. The lowest BCUT2D eigenvalue weighted by Gasteiger charge is -2.31. The minimum Gasteiger partial charge on any atom is -0.469 e. The minimum atomic E-state index is -1.06. The number of anilines is 2. The van der Waals surface area contributed by atoms with Gasteiger partial charge in [0.15, 0.2) is 0 Å². The number of hydrogen-bond donors (Lipinski definition) is 1. The molecule has 0 bridgehead atoms. The van der Waals surface area contributed by atoms with Crippen LogP contribution in [0.5, 0.6) is 0 Å². The Kier molecular flexibility index (Phi) is 19.9. The van der Waals surface area contributed by atoms with Crippen LogP contribution >= 0.6 is 0 Å². The van der Waals surface area contributed by atoms with E-state index in [2.05, 4.69) is 42.7 Å². The van der Waals surface area contributed by atoms with E-state index in [4.69, 9.17) is 19.2 Å². The Morgan fingerprint density at radius 3 is 1.62 bits per heavy atom. The van der Waals surface area contributed by atoms with Gasteiger partial charge in [-0.25, -0.2) is 24.4 Å². The van der Waals surface area contributed by atoms with Crippen LogP contribution in [0.3, 0.4) is 0 Å². The van der Waals surface area contributed by atoms with Crippen molar-refractivity contribution in [2.24, 2.45) is 0 Å². The first-order valence-electron chi connectivity index (χ1n) is 20.1. The minimum absolute atomic E-state index is 0.130. The number of nitrogens with zero attached hydrogens (tertiary/aromatic N) is 3. The summed E-state index contributed by atoms with van der Waals surface area (Å²) in [4.78, 5) is 67.6. The van der Waals surface area contributed by atoms with Crippen molar-refractivity contribution in [1.82, 2.24) is 9.97 Å². The van der Waals surface area contributed by atoms with Crippen molar-refractivity contribution < 1.29 is 52.4 Å². The van der Waals surface area contributed by atoms with Crippen LogP contribution in [0.15, 0.2) is 24.3 Å². The summed E-state index contributed by atoms with van der Waals surface area (Å²) in [7, 11) is 2.83. The number of methoxy groups -OCH3 is 2. The molecule has 324 valence electrons. The van der Waals surface area contributed by atoms with E-state index in [-0.39, 0.29) is 18.0 Å². The summed E-state index contributed by atoms with van der Waals surface area (Å²) in [5.41, 5.74) is 2.51. The van der Waals surface area contributed by atoms with Crippen LogP contribution in [0.2, 0.25) is 0 Å². The number of fused-ring (bicyclic) bond motifs is 2. The molecule has 0 unspecified atom stereocenters. The Labute approximate surface area is 344 Å². The molecule has 0 saturated heterocycles. The zero-order valence-corrected chi connectivity index (χ0v) is 36.5. The van der Waals surface area contributed by atoms with Crippen molar-refractivity contribution in [1.29, 1.82) is 0 Å². The molecular formula is C43H66N4O11. The highest BCUT2D eigenvalue weighted by Crippen LogP contribution is 2.28. The molecule has 0 fully saturated rings. The first-order valence-corrected chi connectivity index (χ1v) is 20.1. The molecule has 2 aliphatic rings. The van der Waals surface area contributed by atoms with E-state index in [0.29, 0.717) is 25.2 Å². The average molecular weight is 815 g/mol. The average Bonchev–Trinajstić information content (AvgIpc) is 3.12. The number of unbranched alkanes of at least 4 members (excludes halogenated alkanes) is 2. The van der Waals surface area contributed by atoms with Gasteiger partial charge in [0.05, 0.1) is 14.2 Å². The summed E-state index contributed by atoms with van der Waals surface area (Å²) in [5.74, 6) is 1.45. The maximum absolute atomic E-state index is 12.5. The number of esters is 2. The maximum Gasteiger partial charge on any atom is 0.519 e. The van der Waals surface area contributed by atoms with Gasteiger partial charge in [-0.3, -0.25) is 14.5 Å². The van der Waals surface area contributed by atoms with Crippen molar-refractivity contribution in [3.05, 3.63) is 46.8 Å². The van der Waals surface area contributed by atoms with Crippen LogP contribution in [0.25, 0.3) is 0 Å². The fourth-order valence-corrected chi connectivity index (χ4v) is 5.59. The highest BCUT2D eigenvalue weighted by molar-refractivity contribution is 5.88. The number of aromatic nitrogens is 2. The van der Waals surface area contributed by atoms with Gasteiger partial charge in [0.2, 0.25) is 0 Å². The Morgan fingerprint density at radius 1 is 0.638 bits per heavy atom. The molecule has 0 radical (unpaired) electrons. The highest BCUT2D eigenvalue weighted by atomic mass is 16.8. The quantitative estimate of drug-likeness (QED) is 0.104. The van der Waals surface area contributed by atoms with Gasteiger partial charge in [-0.1, -0.05) is 12.1 Å². The number of rotatable bonds is 10. The molecule has 2 aliphatic heterocycles. The third-order valence-electron chi connectivity index (χ3n) is 8.19. The van der Waals surface area contributed by atoms with Gasteiger partial charge in [-0.05, 0) is 150 Å². The second kappa shape index (κ2) is 23.5. The second-order valence-electron chi connectivity index (χ2n) is 17.0. The molecule has 15 heteroatoms. The normalized spacial score (nSPS) is 13.3. The number of ether oxygens (including phenoxy) is 6. The number of amides is 1. The first-order chi connectivity index (χ1) is 27.1. The van der Waals surface area contributed by atoms with Gasteiger partial charge < -0.3 is 33.7 Å². The number of hydrogen-bond acceptors (Lipinski definition) is 14. The molecular weight excluding hydrogens is 748 g/mol. The molecule has 0 aliphatic carbocycles. The Morgan fingerprint density at radius 2 is 1.12 bits per heavy atom. The smallest absolute Gasteiger partial charge is 0.469 e. The molecule has 0 aromatic carbocycles. The van der Waals surface area contributed by atoms with Gasteiger partial charge in [0, 0.05) is 37.3 Å².